The maximum absolute atomic E-state index is 10.1. The summed E-state index contributed by atoms with van der Waals surface area (Å²) >= 11 is 0. The lowest BCUT2D eigenvalue weighted by Crippen LogP contribution is -3.00. The molecule has 0 aliphatic heterocycles. The number of hydrogen-bond donors (Lipinski definition) is 3. The van der Waals surface area contributed by atoms with E-state index >= 15 is 0 Å². The molecular formula is C5H14Cl2N2O2. The number of hydrogen-bond acceptors (Lipinski definition) is 1. The first-order valence-corrected chi connectivity index (χ1v) is 3.03. The van der Waals surface area contributed by atoms with Gasteiger partial charge in [0.1, 0.15) is 0 Å². The predicted molar refractivity (Wildman–Crippen MR) is 31.3 cm³/mol. The molecule has 0 aliphatic carbocycles. The minimum absolute atomic E-state index is 0. The molecule has 0 aromatic carbocycles. The highest BCUT2D eigenvalue weighted by molar-refractivity contribution is 5.71. The Morgan fingerprint density at radius 3 is 2.18 bits per heavy atom. The zero-order valence-electron chi connectivity index (χ0n) is 6.22. The molecule has 0 fully saturated rings. The van der Waals surface area contributed by atoms with Crippen LogP contribution >= 0.6 is 0 Å². The third-order valence-electron chi connectivity index (χ3n) is 1.15. The second kappa shape index (κ2) is 9.97. The van der Waals surface area contributed by atoms with Crippen LogP contribution < -0.4 is 36.3 Å². The Hall–Kier alpha value is -0.0300. The number of aliphatic carboxylic acids is 1. The number of carboxylic acids is 1. The van der Waals surface area contributed by atoms with Crippen LogP contribution in [-0.2, 0) is 4.79 Å². The Morgan fingerprint density at radius 1 is 1.45 bits per heavy atom. The van der Waals surface area contributed by atoms with Crippen molar-refractivity contribution in [1.29, 1.82) is 0 Å². The standard InChI is InChI=1S/C5H12N2O2.2ClH/c6-3-1-2-4(7)5(8)9;;/h4H,1-3,6-7H2,(H,8,9);2*1H/i5+1,8+2,9+2;;. The second-order valence-corrected chi connectivity index (χ2v) is 2.03. The van der Waals surface area contributed by atoms with Crippen LogP contribution in [0.25, 0.3) is 0 Å². The topological polar surface area (TPSA) is 92.6 Å². The van der Waals surface area contributed by atoms with Crippen LogP contribution in [0.15, 0.2) is 0 Å². The first-order valence-electron chi connectivity index (χ1n) is 3.03. The summed E-state index contributed by atoms with van der Waals surface area (Å²) in [5, 5.41) is 8.33. The van der Waals surface area contributed by atoms with Crippen molar-refractivity contribution in [2.45, 2.75) is 18.9 Å². The average Bonchev–Trinajstić information content (AvgIpc) is 1.82. The molecule has 0 rings (SSSR count). The van der Waals surface area contributed by atoms with E-state index in [2.05, 4.69) is 11.5 Å². The van der Waals surface area contributed by atoms with Crippen molar-refractivity contribution in [3.63, 3.8) is 0 Å². The summed E-state index contributed by atoms with van der Waals surface area (Å²) in [6, 6.07) is -0.452. The fourth-order valence-corrected chi connectivity index (χ4v) is 0.514. The highest BCUT2D eigenvalue weighted by Crippen LogP contribution is 1.88. The Kier molecular flexibility index (Phi) is 15.6. The summed E-state index contributed by atoms with van der Waals surface area (Å²) in [4.78, 5) is 10.1. The summed E-state index contributed by atoms with van der Waals surface area (Å²) in [5.41, 5.74) is 7.04. The first kappa shape index (κ1) is 17.2. The summed E-state index contributed by atoms with van der Waals surface area (Å²) in [5.74, 6) is -0.816. The molecule has 0 heterocycles. The van der Waals surface area contributed by atoms with Crippen LogP contribution in [0.2, 0.25) is 0 Å². The van der Waals surface area contributed by atoms with Crippen molar-refractivity contribution in [2.24, 2.45) is 0 Å². The molecule has 7 N–H and O–H groups in total. The molecule has 0 saturated heterocycles. The van der Waals surface area contributed by atoms with Crippen molar-refractivity contribution in [3.05, 3.63) is 0 Å². The highest BCUT2D eigenvalue weighted by atomic mass is 35.5. The predicted octanol–water partition coefficient (Wildman–Crippen LogP) is -8.29. The third kappa shape index (κ3) is 9.97. The Morgan fingerprint density at radius 2 is 1.91 bits per heavy atom. The van der Waals surface area contributed by atoms with Crippen molar-refractivity contribution >= 4 is 5.97 Å². The van der Waals surface area contributed by atoms with Crippen molar-refractivity contribution in [2.75, 3.05) is 6.54 Å². The van der Waals surface area contributed by atoms with Crippen molar-refractivity contribution < 1.29 is 46.2 Å². The molecular weight excluding hydrogens is 196 g/mol. The molecule has 1 atom stereocenters. The van der Waals surface area contributed by atoms with Gasteiger partial charge < -0.3 is 41.4 Å². The van der Waals surface area contributed by atoms with Gasteiger partial charge in [0.05, 0.1) is 6.54 Å². The minimum Gasteiger partial charge on any atom is -1.00 e. The fourth-order valence-electron chi connectivity index (χ4n) is 0.514. The summed E-state index contributed by atoms with van der Waals surface area (Å²) in [6.45, 7) is 0.791. The van der Waals surface area contributed by atoms with Gasteiger partial charge in [-0.2, -0.15) is 0 Å². The van der Waals surface area contributed by atoms with Crippen LogP contribution in [0.5, 0.6) is 0 Å². The Bertz CT molecular complexity index is 102. The number of halogens is 2. The maximum Gasteiger partial charge on any atom is 0.362 e. The normalized spacial score (nSPS) is 10.7. The monoisotopic (exact) mass is 209 g/mol. The van der Waals surface area contributed by atoms with Gasteiger partial charge in [-0.1, -0.05) is 0 Å². The quantitative estimate of drug-likeness (QED) is 0.317. The summed E-state index contributed by atoms with van der Waals surface area (Å²) in [6.07, 6.45) is 1.49. The smallest absolute Gasteiger partial charge is 0.362 e. The van der Waals surface area contributed by atoms with Crippen LogP contribution in [0.3, 0.4) is 0 Å². The molecule has 0 amide bonds. The van der Waals surface area contributed by atoms with E-state index < -0.39 is 12.0 Å². The molecule has 11 heavy (non-hydrogen) atoms. The Labute approximate surface area is 78.1 Å². The van der Waals surface area contributed by atoms with E-state index in [1.54, 1.807) is 0 Å². The lowest BCUT2D eigenvalue weighted by atomic mass is 10.2. The zero-order chi connectivity index (χ0) is 7.28. The lowest BCUT2D eigenvalue weighted by molar-refractivity contribution is -0.414. The molecule has 0 bridgehead atoms. The molecule has 4 nitrogen and oxygen atoms in total. The van der Waals surface area contributed by atoms with Crippen molar-refractivity contribution in [1.82, 2.24) is 0 Å². The van der Waals surface area contributed by atoms with Gasteiger partial charge in [0.15, 0.2) is 6.04 Å². The minimum atomic E-state index is -0.816. The molecule has 0 aliphatic rings. The van der Waals surface area contributed by atoms with E-state index in [0.29, 0.717) is 6.42 Å². The maximum atomic E-state index is 10.1. The van der Waals surface area contributed by atoms with Gasteiger partial charge in [0, 0.05) is 12.8 Å². The largest absolute Gasteiger partial charge is 1.00 e. The first-order chi connectivity index (χ1) is 4.18. The molecule has 6 heteroatoms. The van der Waals surface area contributed by atoms with Gasteiger partial charge in [-0.3, -0.25) is 0 Å². The fraction of sp³-hybridized carbons (Fsp3) is 0.800. The zero-order valence-corrected chi connectivity index (χ0v) is 7.74. The second-order valence-electron chi connectivity index (χ2n) is 2.03. The molecule has 70 valence electrons. The van der Waals surface area contributed by atoms with Gasteiger partial charge in [-0.05, 0) is 0 Å². The van der Waals surface area contributed by atoms with E-state index in [-0.39, 0.29) is 24.8 Å². The highest BCUT2D eigenvalue weighted by Gasteiger charge is 2.13. The molecule has 0 aromatic rings. The molecule has 0 spiro atoms. The number of quaternary nitrogens is 2. The van der Waals surface area contributed by atoms with Crippen molar-refractivity contribution in [3.8, 4) is 0 Å². The van der Waals surface area contributed by atoms with Gasteiger partial charge in [-0.15, -0.1) is 0 Å². The molecule has 1 unspecified atom stereocenters. The van der Waals surface area contributed by atoms with Gasteiger partial charge in [0.25, 0.3) is 0 Å². The summed E-state index contributed by atoms with van der Waals surface area (Å²) in [7, 11) is 0. The van der Waals surface area contributed by atoms with Gasteiger partial charge >= 0.3 is 5.97 Å². The van der Waals surface area contributed by atoms with E-state index in [1.807, 2.05) is 0 Å². The van der Waals surface area contributed by atoms with E-state index in [4.69, 9.17) is 5.11 Å². The number of rotatable bonds is 4. The lowest BCUT2D eigenvalue weighted by Gasteiger charge is -1.98. The third-order valence-corrected chi connectivity index (χ3v) is 1.15. The molecule has 0 radical (unpaired) electrons. The number of carboxylic acid groups (broad SMARTS) is 1. The summed E-state index contributed by atoms with van der Waals surface area (Å²) < 4.78 is 0. The SMILES string of the molecule is [Cl-].[Cl-].[NH3+]CCCC([NH3+])[13C](=[18O])[18OH]. The van der Waals surface area contributed by atoms with Gasteiger partial charge in [-0.25, -0.2) is 4.79 Å². The Balaban J connectivity index is -0.000000320. The number of carbonyl (C=O) groups is 1. The van der Waals surface area contributed by atoms with E-state index in [9.17, 15) is 4.79 Å². The molecule has 0 saturated carbocycles. The average molecular weight is 210 g/mol. The van der Waals surface area contributed by atoms with Crippen LogP contribution in [0.4, 0.5) is 0 Å². The van der Waals surface area contributed by atoms with Crippen LogP contribution in [0.1, 0.15) is 12.8 Å². The van der Waals surface area contributed by atoms with Crippen LogP contribution in [0, 0.1) is 0 Å². The van der Waals surface area contributed by atoms with Gasteiger partial charge in [0.2, 0.25) is 0 Å². The molecule has 0 aromatic heterocycles. The van der Waals surface area contributed by atoms with Crippen LogP contribution in [-0.4, -0.2) is 23.7 Å². The van der Waals surface area contributed by atoms with E-state index in [1.165, 1.54) is 0 Å². The van der Waals surface area contributed by atoms with E-state index in [0.717, 1.165) is 13.0 Å².